The van der Waals surface area contributed by atoms with Gasteiger partial charge >= 0.3 is 0 Å². The Balaban J connectivity index is 0. The minimum atomic E-state index is -0.608. The molecule has 1 aliphatic heterocycles. The fraction of sp³-hybridized carbons (Fsp3) is 0.800. The van der Waals surface area contributed by atoms with Crippen LogP contribution >= 0.6 is 0 Å². The second kappa shape index (κ2) is 11.9. The number of rotatable bonds is 5. The molecule has 1 heterocycles. The molecule has 2 N–H and O–H groups in total. The van der Waals surface area contributed by atoms with E-state index in [1.165, 1.54) is 0 Å². The summed E-state index contributed by atoms with van der Waals surface area (Å²) in [6.45, 7) is 1.21. The average Bonchev–Trinajstić information content (AvgIpc) is 2.31. The predicted octanol–water partition coefficient (Wildman–Crippen LogP) is 0.849. The van der Waals surface area contributed by atoms with E-state index in [9.17, 15) is 5.11 Å². The number of hydrogen-bond donors (Lipinski definition) is 2. The van der Waals surface area contributed by atoms with Gasteiger partial charge in [0.05, 0.1) is 12.7 Å². The van der Waals surface area contributed by atoms with Gasteiger partial charge < -0.3 is 24.4 Å². The quantitative estimate of drug-likeness (QED) is 0.564. The zero-order valence-corrected chi connectivity index (χ0v) is 16.0. The average molecular weight is 487 g/mol. The van der Waals surface area contributed by atoms with Crippen molar-refractivity contribution in [1.29, 1.82) is 0 Å². The summed E-state index contributed by atoms with van der Waals surface area (Å²) in [5.74, 6) is 0. The van der Waals surface area contributed by atoms with Crippen molar-refractivity contribution in [2.75, 3.05) is 19.8 Å². The molecule has 0 radical (unpaired) electrons. The number of hydrogen-bond acceptors (Lipinski definition) is 5. The first kappa shape index (κ1) is 17.2. The first-order chi connectivity index (χ1) is 7.33. The van der Waals surface area contributed by atoms with Crippen molar-refractivity contribution in [2.45, 2.75) is 31.7 Å². The third-order valence-corrected chi connectivity index (χ3v) is 1.92. The molecule has 1 fully saturated rings. The van der Waals surface area contributed by atoms with Gasteiger partial charge in [-0.2, -0.15) is 0 Å². The molecule has 0 aromatic carbocycles. The van der Waals surface area contributed by atoms with E-state index in [0.29, 0.717) is 0 Å². The van der Waals surface area contributed by atoms with Crippen molar-refractivity contribution >= 4 is 0 Å². The molecular weight excluding hydrogens is 467 g/mol. The topological polar surface area (TPSA) is 68.2 Å². The van der Waals surface area contributed by atoms with Crippen LogP contribution in [0.25, 0.3) is 0 Å². The maximum atomic E-state index is 9.23. The van der Waals surface area contributed by atoms with Gasteiger partial charge in [0.1, 0.15) is 0 Å². The van der Waals surface area contributed by atoms with Crippen LogP contribution in [-0.4, -0.2) is 42.4 Å². The molecule has 5 nitrogen and oxygen atoms in total. The summed E-state index contributed by atoms with van der Waals surface area (Å²) in [6, 6.07) is 0. The van der Waals surface area contributed by atoms with Crippen LogP contribution in [0.2, 0.25) is 0 Å². The van der Waals surface area contributed by atoms with Crippen LogP contribution in [0.1, 0.15) is 19.3 Å². The molecule has 1 rings (SSSR count). The minimum Gasteiger partial charge on any atom is -0.569 e. The molecule has 1 saturated heterocycles. The molecule has 1 aliphatic rings. The fourth-order valence-electron chi connectivity index (χ4n) is 1.25. The SMILES string of the molecule is [CH2-]O.[CH2-]OCC(O)COC1CCCCO1.[Rf]. The van der Waals surface area contributed by atoms with Gasteiger partial charge in [0.2, 0.25) is 0 Å². The van der Waals surface area contributed by atoms with Gasteiger partial charge in [0, 0.05) is 13.2 Å². The van der Waals surface area contributed by atoms with E-state index in [1.807, 2.05) is 0 Å². The van der Waals surface area contributed by atoms with Crippen LogP contribution in [0.15, 0.2) is 0 Å². The maximum absolute atomic E-state index is 9.23. The Kier molecular flexibility index (Phi) is 12.8. The third-order valence-electron chi connectivity index (χ3n) is 1.92. The van der Waals surface area contributed by atoms with Gasteiger partial charge in [-0.15, -0.1) is 0 Å². The van der Waals surface area contributed by atoms with Gasteiger partial charge in [-0.25, -0.2) is 14.2 Å². The van der Waals surface area contributed by atoms with E-state index in [2.05, 4.69) is 19.0 Å². The molecule has 94 valence electrons. The van der Waals surface area contributed by atoms with Crippen LogP contribution < -0.4 is 0 Å². The molecule has 2 atom stereocenters. The third kappa shape index (κ3) is 8.14. The first-order valence-electron chi connectivity index (χ1n) is 4.93. The van der Waals surface area contributed by atoms with Gasteiger partial charge in [-0.3, -0.25) is 0 Å². The Morgan fingerprint density at radius 2 is 2.00 bits per heavy atom. The second-order valence-electron chi connectivity index (χ2n) is 3.15. The van der Waals surface area contributed by atoms with Crippen molar-refractivity contribution in [3.05, 3.63) is 14.2 Å². The summed E-state index contributed by atoms with van der Waals surface area (Å²) >= 11 is 0. The molecule has 0 aromatic rings. The van der Waals surface area contributed by atoms with Crippen LogP contribution in [0.5, 0.6) is 0 Å². The summed E-state index contributed by atoms with van der Waals surface area (Å²) in [5, 5.41) is 16.0. The van der Waals surface area contributed by atoms with E-state index in [4.69, 9.17) is 14.6 Å². The Bertz CT molecular complexity index is 130. The van der Waals surface area contributed by atoms with Crippen LogP contribution in [0, 0.1) is 14.2 Å². The summed E-state index contributed by atoms with van der Waals surface area (Å²) in [5.41, 5.74) is 0. The van der Waals surface area contributed by atoms with E-state index in [1.54, 1.807) is 0 Å². The molecular formula is C10H20O5Rf-2. The van der Waals surface area contributed by atoms with Crippen LogP contribution in [-0.2, 0) is 14.2 Å². The predicted molar refractivity (Wildman–Crippen MR) is 54.2 cm³/mol. The van der Waals surface area contributed by atoms with Crippen LogP contribution in [0.4, 0.5) is 0 Å². The largest absolute Gasteiger partial charge is 0.569 e. The second-order valence-corrected chi connectivity index (χ2v) is 3.15. The van der Waals surface area contributed by atoms with E-state index in [-0.39, 0.29) is 19.5 Å². The number of ether oxygens (including phenoxy) is 3. The molecule has 16 heavy (non-hydrogen) atoms. The van der Waals surface area contributed by atoms with E-state index < -0.39 is 6.10 Å². The smallest absolute Gasteiger partial charge is 0.157 e. The van der Waals surface area contributed by atoms with Gasteiger partial charge in [-0.05, 0) is 19.3 Å². The van der Waals surface area contributed by atoms with E-state index >= 15 is 0 Å². The van der Waals surface area contributed by atoms with Crippen molar-refractivity contribution in [2.24, 2.45) is 0 Å². The fourth-order valence-corrected chi connectivity index (χ4v) is 1.25. The number of aliphatic hydroxyl groups excluding tert-OH is 2. The molecule has 0 aromatic heterocycles. The van der Waals surface area contributed by atoms with Crippen molar-refractivity contribution in [3.63, 3.8) is 0 Å². The summed E-state index contributed by atoms with van der Waals surface area (Å²) in [7, 11) is 5.42. The molecule has 0 spiro atoms. The van der Waals surface area contributed by atoms with Gasteiger partial charge in [-0.1, -0.05) is 0 Å². The van der Waals surface area contributed by atoms with Gasteiger partial charge in [0.15, 0.2) is 6.29 Å². The standard InChI is InChI=1S/C9H17O4.CH3O.Rf/c1-11-6-8(10)7-13-9-4-2-3-5-12-9;1-2;/h8-10H,1-7H2;2H,1H2;/q2*-1;. The minimum absolute atomic E-state index is 0. The maximum Gasteiger partial charge on any atom is 0.157 e. The summed E-state index contributed by atoms with van der Waals surface area (Å²) < 4.78 is 15.2. The van der Waals surface area contributed by atoms with Crippen LogP contribution in [0.3, 0.4) is 0 Å². The molecule has 0 bridgehead atoms. The Hall–Kier alpha value is -1.20. The Morgan fingerprint density at radius 1 is 1.31 bits per heavy atom. The zero-order valence-electron chi connectivity index (χ0n) is 9.64. The molecule has 0 aliphatic carbocycles. The first-order valence-corrected chi connectivity index (χ1v) is 4.93. The van der Waals surface area contributed by atoms with Gasteiger partial charge in [0.25, 0.3) is 0 Å². The summed E-state index contributed by atoms with van der Waals surface area (Å²) in [4.78, 5) is 0. The van der Waals surface area contributed by atoms with E-state index in [0.717, 1.165) is 25.9 Å². The number of aliphatic hydroxyl groups is 2. The van der Waals surface area contributed by atoms with Crippen molar-refractivity contribution in [1.82, 2.24) is 0 Å². The Morgan fingerprint density at radius 3 is 2.50 bits per heavy atom. The van der Waals surface area contributed by atoms with Crippen molar-refractivity contribution < 1.29 is 24.4 Å². The summed E-state index contributed by atoms with van der Waals surface area (Å²) in [6.07, 6.45) is 2.39. The Labute approximate surface area is 91.0 Å². The zero-order chi connectivity index (χ0) is 11.5. The molecule has 2 unspecified atom stereocenters. The molecule has 0 amide bonds. The molecule has 0 saturated carbocycles. The monoisotopic (exact) mass is 487 g/mol. The van der Waals surface area contributed by atoms with Crippen molar-refractivity contribution in [3.8, 4) is 0 Å². The molecule has 6 heteroatoms. The normalized spacial score (nSPS) is 21.4.